The van der Waals surface area contributed by atoms with Crippen LogP contribution in [0.25, 0.3) is 11.1 Å². The minimum absolute atomic E-state index is 0.0955. The molecule has 0 amide bonds. The van der Waals surface area contributed by atoms with Gasteiger partial charge >= 0.3 is 0 Å². The summed E-state index contributed by atoms with van der Waals surface area (Å²) in [6.45, 7) is 4.25. The zero-order chi connectivity index (χ0) is 14.4. The Morgan fingerprint density at radius 2 is 1.60 bits per heavy atom. The predicted octanol–water partition coefficient (Wildman–Crippen LogP) is 4.22. The average Bonchev–Trinajstić information content (AvgIpc) is 2.48. The molecule has 0 aliphatic rings. The van der Waals surface area contributed by atoms with Gasteiger partial charge in [-0.3, -0.25) is 10.1 Å². The first kappa shape index (κ1) is 13.8. The van der Waals surface area contributed by atoms with Crippen molar-refractivity contribution in [3.8, 4) is 16.9 Å². The van der Waals surface area contributed by atoms with Gasteiger partial charge < -0.3 is 4.74 Å². The molecule has 2 aromatic carbocycles. The SMILES string of the molecule is C=CCCOc1ccc(-c2ccc([N+](=O)[O-])cc2)cc1. The Morgan fingerprint density at radius 1 is 1.05 bits per heavy atom. The molecule has 4 nitrogen and oxygen atoms in total. The Kier molecular flexibility index (Phi) is 4.50. The Morgan fingerprint density at radius 3 is 2.10 bits per heavy atom. The van der Waals surface area contributed by atoms with Gasteiger partial charge in [0.2, 0.25) is 0 Å². The van der Waals surface area contributed by atoms with E-state index in [4.69, 9.17) is 4.74 Å². The van der Waals surface area contributed by atoms with Crippen LogP contribution in [-0.4, -0.2) is 11.5 Å². The van der Waals surface area contributed by atoms with E-state index in [0.29, 0.717) is 6.61 Å². The van der Waals surface area contributed by atoms with Crippen LogP contribution in [0.5, 0.6) is 5.75 Å². The third kappa shape index (κ3) is 3.45. The maximum absolute atomic E-state index is 10.6. The van der Waals surface area contributed by atoms with Crippen molar-refractivity contribution < 1.29 is 9.66 Å². The van der Waals surface area contributed by atoms with Crippen molar-refractivity contribution in [3.63, 3.8) is 0 Å². The van der Waals surface area contributed by atoms with Gasteiger partial charge in [-0.05, 0) is 41.8 Å². The van der Waals surface area contributed by atoms with Gasteiger partial charge in [-0.2, -0.15) is 0 Å². The summed E-state index contributed by atoms with van der Waals surface area (Å²) in [4.78, 5) is 10.2. The van der Waals surface area contributed by atoms with Gasteiger partial charge in [0.1, 0.15) is 5.75 Å². The lowest BCUT2D eigenvalue weighted by molar-refractivity contribution is -0.384. The number of hydrogen-bond acceptors (Lipinski definition) is 3. The fourth-order valence-electron chi connectivity index (χ4n) is 1.78. The van der Waals surface area contributed by atoms with E-state index < -0.39 is 4.92 Å². The zero-order valence-electron chi connectivity index (χ0n) is 11.0. The molecule has 20 heavy (non-hydrogen) atoms. The van der Waals surface area contributed by atoms with Gasteiger partial charge in [0.05, 0.1) is 11.5 Å². The lowest BCUT2D eigenvalue weighted by Crippen LogP contribution is -1.94. The number of hydrogen-bond donors (Lipinski definition) is 0. The van der Waals surface area contributed by atoms with Crippen LogP contribution in [0.4, 0.5) is 5.69 Å². The summed E-state index contributed by atoms with van der Waals surface area (Å²) in [5, 5.41) is 10.6. The number of ether oxygens (including phenoxy) is 1. The molecule has 0 aromatic heterocycles. The van der Waals surface area contributed by atoms with Crippen molar-refractivity contribution in [2.24, 2.45) is 0 Å². The molecular weight excluding hydrogens is 254 g/mol. The molecular formula is C16H15NO3. The number of nitro groups is 1. The number of non-ortho nitro benzene ring substituents is 1. The molecule has 2 rings (SSSR count). The van der Waals surface area contributed by atoms with Crippen molar-refractivity contribution in [2.75, 3.05) is 6.61 Å². The highest BCUT2D eigenvalue weighted by molar-refractivity contribution is 5.65. The maximum Gasteiger partial charge on any atom is 0.269 e. The molecule has 4 heteroatoms. The normalized spacial score (nSPS) is 10.0. The van der Waals surface area contributed by atoms with Crippen molar-refractivity contribution in [1.82, 2.24) is 0 Å². The molecule has 0 heterocycles. The fraction of sp³-hybridized carbons (Fsp3) is 0.125. The van der Waals surface area contributed by atoms with Crippen LogP contribution in [0.3, 0.4) is 0 Å². The quantitative estimate of drug-likeness (QED) is 0.341. The van der Waals surface area contributed by atoms with E-state index in [2.05, 4.69) is 6.58 Å². The molecule has 0 fully saturated rings. The topological polar surface area (TPSA) is 52.4 Å². The van der Waals surface area contributed by atoms with Crippen LogP contribution in [0, 0.1) is 10.1 Å². The maximum atomic E-state index is 10.6. The largest absolute Gasteiger partial charge is 0.493 e. The molecule has 102 valence electrons. The molecule has 2 aromatic rings. The van der Waals surface area contributed by atoms with Gasteiger partial charge in [-0.25, -0.2) is 0 Å². The highest BCUT2D eigenvalue weighted by Crippen LogP contribution is 2.24. The average molecular weight is 269 g/mol. The summed E-state index contributed by atoms with van der Waals surface area (Å²) in [5.74, 6) is 0.803. The van der Waals surface area contributed by atoms with Crippen molar-refractivity contribution in [2.45, 2.75) is 6.42 Å². The van der Waals surface area contributed by atoms with Gasteiger partial charge in [-0.15, -0.1) is 6.58 Å². The Bertz CT molecular complexity index is 588. The molecule has 0 N–H and O–H groups in total. The van der Waals surface area contributed by atoms with Crippen molar-refractivity contribution in [3.05, 3.63) is 71.3 Å². The summed E-state index contributed by atoms with van der Waals surface area (Å²) in [5.41, 5.74) is 2.03. The van der Waals surface area contributed by atoms with Gasteiger partial charge in [-0.1, -0.05) is 18.2 Å². The van der Waals surface area contributed by atoms with Crippen LogP contribution in [0.2, 0.25) is 0 Å². The third-order valence-corrected chi connectivity index (χ3v) is 2.86. The minimum atomic E-state index is -0.402. The second kappa shape index (κ2) is 6.52. The molecule has 0 unspecified atom stereocenters. The first-order valence-electron chi connectivity index (χ1n) is 6.29. The number of benzene rings is 2. The summed E-state index contributed by atoms with van der Waals surface area (Å²) in [6.07, 6.45) is 2.62. The molecule has 0 aliphatic carbocycles. The fourth-order valence-corrected chi connectivity index (χ4v) is 1.78. The first-order chi connectivity index (χ1) is 9.70. The van der Waals surface area contributed by atoms with E-state index >= 15 is 0 Å². The van der Waals surface area contributed by atoms with Crippen LogP contribution >= 0.6 is 0 Å². The van der Waals surface area contributed by atoms with Gasteiger partial charge in [0.25, 0.3) is 5.69 Å². The highest BCUT2D eigenvalue weighted by Gasteiger charge is 2.05. The molecule has 0 radical (unpaired) electrons. The number of nitro benzene ring substituents is 1. The van der Waals surface area contributed by atoms with E-state index in [9.17, 15) is 10.1 Å². The third-order valence-electron chi connectivity index (χ3n) is 2.86. The summed E-state index contributed by atoms with van der Waals surface area (Å²) in [7, 11) is 0. The summed E-state index contributed by atoms with van der Waals surface area (Å²) in [6, 6.07) is 14.1. The molecule has 0 bridgehead atoms. The Labute approximate surface area is 117 Å². The minimum Gasteiger partial charge on any atom is -0.493 e. The van der Waals surface area contributed by atoms with E-state index in [1.807, 2.05) is 30.3 Å². The van der Waals surface area contributed by atoms with Crippen LogP contribution in [0.15, 0.2) is 61.2 Å². The highest BCUT2D eigenvalue weighted by atomic mass is 16.6. The smallest absolute Gasteiger partial charge is 0.269 e. The number of rotatable bonds is 6. The summed E-state index contributed by atoms with van der Waals surface area (Å²) < 4.78 is 5.53. The Hall–Kier alpha value is -2.62. The Balaban J connectivity index is 2.09. The van der Waals surface area contributed by atoms with Gasteiger partial charge in [0, 0.05) is 12.1 Å². The monoisotopic (exact) mass is 269 g/mol. The molecule has 0 aliphatic heterocycles. The second-order valence-electron chi connectivity index (χ2n) is 4.25. The first-order valence-corrected chi connectivity index (χ1v) is 6.29. The van der Waals surface area contributed by atoms with E-state index in [0.717, 1.165) is 23.3 Å². The molecule has 0 saturated heterocycles. The lowest BCUT2D eigenvalue weighted by atomic mass is 10.1. The zero-order valence-corrected chi connectivity index (χ0v) is 11.0. The van der Waals surface area contributed by atoms with Crippen molar-refractivity contribution >= 4 is 5.69 Å². The molecule has 0 spiro atoms. The predicted molar refractivity (Wildman–Crippen MR) is 78.8 cm³/mol. The van der Waals surface area contributed by atoms with E-state index in [1.54, 1.807) is 12.1 Å². The summed E-state index contributed by atoms with van der Waals surface area (Å²) >= 11 is 0. The van der Waals surface area contributed by atoms with E-state index in [-0.39, 0.29) is 5.69 Å². The van der Waals surface area contributed by atoms with Crippen LogP contribution in [-0.2, 0) is 0 Å². The standard InChI is InChI=1S/C16H15NO3/c1-2-3-12-20-16-10-6-14(7-11-16)13-4-8-15(9-5-13)17(18)19/h2,4-11H,1,3,12H2. The van der Waals surface area contributed by atoms with E-state index in [1.165, 1.54) is 12.1 Å². The van der Waals surface area contributed by atoms with Gasteiger partial charge in [0.15, 0.2) is 0 Å². The second-order valence-corrected chi connectivity index (χ2v) is 4.25. The number of nitrogens with zero attached hydrogens (tertiary/aromatic N) is 1. The lowest BCUT2D eigenvalue weighted by Gasteiger charge is -2.06. The molecule has 0 atom stereocenters. The molecule has 0 saturated carbocycles. The van der Waals surface area contributed by atoms with Crippen LogP contribution < -0.4 is 4.74 Å². The van der Waals surface area contributed by atoms with Crippen molar-refractivity contribution in [1.29, 1.82) is 0 Å². The van der Waals surface area contributed by atoms with Crippen LogP contribution in [0.1, 0.15) is 6.42 Å².